The van der Waals surface area contributed by atoms with Gasteiger partial charge in [0.25, 0.3) is 0 Å². The highest BCUT2D eigenvalue weighted by Crippen LogP contribution is 2.37. The zero-order valence-corrected chi connectivity index (χ0v) is 15.8. The highest BCUT2D eigenvalue weighted by atomic mass is 16.5. The molecule has 1 aliphatic heterocycles. The van der Waals surface area contributed by atoms with E-state index in [1.54, 1.807) is 6.08 Å². The van der Waals surface area contributed by atoms with Gasteiger partial charge in [-0.3, -0.25) is 0 Å². The number of benzene rings is 3. The summed E-state index contributed by atoms with van der Waals surface area (Å²) in [7, 11) is 0. The van der Waals surface area contributed by atoms with E-state index in [0.717, 1.165) is 24.2 Å². The SMILES string of the molecule is N#C/C=C/C1(c2cccc(OCc3ccc4ccccc4c3)c2)CCOCC1. The maximum absolute atomic E-state index is 9.01. The van der Waals surface area contributed by atoms with Crippen LogP contribution in [0, 0.1) is 11.3 Å². The Morgan fingerprint density at radius 2 is 1.79 bits per heavy atom. The maximum atomic E-state index is 9.01. The number of rotatable bonds is 5. The second-order valence-electron chi connectivity index (χ2n) is 7.23. The molecule has 0 aromatic heterocycles. The van der Waals surface area contributed by atoms with Gasteiger partial charge in [0.05, 0.1) is 6.07 Å². The van der Waals surface area contributed by atoms with Gasteiger partial charge in [-0.05, 0) is 52.9 Å². The molecule has 1 fully saturated rings. The van der Waals surface area contributed by atoms with Crippen molar-refractivity contribution in [2.45, 2.75) is 24.9 Å². The molecule has 0 spiro atoms. The first-order chi connectivity index (χ1) is 13.8. The van der Waals surface area contributed by atoms with E-state index < -0.39 is 0 Å². The van der Waals surface area contributed by atoms with E-state index in [4.69, 9.17) is 14.7 Å². The van der Waals surface area contributed by atoms with Crippen molar-refractivity contribution < 1.29 is 9.47 Å². The summed E-state index contributed by atoms with van der Waals surface area (Å²) in [5.74, 6) is 0.849. The number of hydrogen-bond donors (Lipinski definition) is 0. The average molecular weight is 369 g/mol. The predicted octanol–water partition coefficient (Wildman–Crippen LogP) is 5.55. The molecule has 28 heavy (non-hydrogen) atoms. The first-order valence-electron chi connectivity index (χ1n) is 9.65. The molecule has 0 radical (unpaired) electrons. The third-order valence-electron chi connectivity index (χ3n) is 5.49. The molecule has 4 rings (SSSR count). The first-order valence-corrected chi connectivity index (χ1v) is 9.65. The molecular formula is C25H23NO2. The van der Waals surface area contributed by atoms with Crippen LogP contribution in [0.3, 0.4) is 0 Å². The lowest BCUT2D eigenvalue weighted by Crippen LogP contribution is -2.31. The quantitative estimate of drug-likeness (QED) is 0.554. The molecule has 3 aromatic carbocycles. The molecule has 140 valence electrons. The molecule has 3 nitrogen and oxygen atoms in total. The summed E-state index contributed by atoms with van der Waals surface area (Å²) < 4.78 is 11.7. The van der Waals surface area contributed by atoms with Crippen LogP contribution in [0.25, 0.3) is 10.8 Å². The Hall–Kier alpha value is -3.09. The van der Waals surface area contributed by atoms with Gasteiger partial charge in [0.2, 0.25) is 0 Å². The average Bonchev–Trinajstić information content (AvgIpc) is 2.77. The van der Waals surface area contributed by atoms with E-state index in [9.17, 15) is 0 Å². The van der Waals surface area contributed by atoms with Crippen LogP contribution in [0.2, 0.25) is 0 Å². The standard InChI is InChI=1S/C25H23NO2/c26-14-4-11-25(12-15-27-16-13-25)23-7-3-8-24(18-23)28-19-20-9-10-21-5-1-2-6-22(21)17-20/h1-11,17-18H,12-13,15-16,19H2/b11-4+. The highest BCUT2D eigenvalue weighted by Gasteiger charge is 2.32. The van der Waals surface area contributed by atoms with Crippen molar-refractivity contribution in [1.82, 2.24) is 0 Å². The minimum absolute atomic E-state index is 0.156. The van der Waals surface area contributed by atoms with E-state index in [2.05, 4.69) is 60.7 Å². The second-order valence-corrected chi connectivity index (χ2v) is 7.23. The Bertz CT molecular complexity index is 1030. The van der Waals surface area contributed by atoms with Gasteiger partial charge >= 0.3 is 0 Å². The minimum atomic E-state index is -0.156. The summed E-state index contributed by atoms with van der Waals surface area (Å²) >= 11 is 0. The molecule has 0 bridgehead atoms. The number of allylic oxidation sites excluding steroid dienone is 2. The summed E-state index contributed by atoms with van der Waals surface area (Å²) in [5.41, 5.74) is 2.17. The van der Waals surface area contributed by atoms with Gasteiger partial charge < -0.3 is 9.47 Å². The number of ether oxygens (including phenoxy) is 2. The Labute approximate surface area is 165 Å². The molecule has 1 saturated heterocycles. The fourth-order valence-electron chi connectivity index (χ4n) is 3.87. The van der Waals surface area contributed by atoms with E-state index >= 15 is 0 Å². The van der Waals surface area contributed by atoms with Gasteiger partial charge in [0.15, 0.2) is 0 Å². The Kier molecular flexibility index (Phi) is 5.41. The Morgan fingerprint density at radius 3 is 2.61 bits per heavy atom. The molecule has 3 heteroatoms. The fourth-order valence-corrected chi connectivity index (χ4v) is 3.87. The monoisotopic (exact) mass is 369 g/mol. The number of nitrogens with zero attached hydrogens (tertiary/aromatic N) is 1. The molecule has 0 aliphatic carbocycles. The Morgan fingerprint density at radius 1 is 0.964 bits per heavy atom. The van der Waals surface area contributed by atoms with Crippen molar-refractivity contribution in [3.05, 3.63) is 90.0 Å². The van der Waals surface area contributed by atoms with Crippen LogP contribution in [0.15, 0.2) is 78.9 Å². The molecule has 1 aliphatic rings. The summed E-state index contributed by atoms with van der Waals surface area (Å²) in [6, 6.07) is 25.1. The van der Waals surface area contributed by atoms with E-state index in [-0.39, 0.29) is 5.41 Å². The predicted molar refractivity (Wildman–Crippen MR) is 111 cm³/mol. The van der Waals surface area contributed by atoms with Gasteiger partial charge in [-0.1, -0.05) is 54.6 Å². The molecule has 0 saturated carbocycles. The summed E-state index contributed by atoms with van der Waals surface area (Å²) in [6.07, 6.45) is 5.37. The van der Waals surface area contributed by atoms with Gasteiger partial charge in [0.1, 0.15) is 12.4 Å². The topological polar surface area (TPSA) is 42.2 Å². The van der Waals surface area contributed by atoms with Crippen molar-refractivity contribution in [1.29, 1.82) is 5.26 Å². The zero-order chi connectivity index (χ0) is 19.2. The van der Waals surface area contributed by atoms with E-state index in [1.165, 1.54) is 16.3 Å². The smallest absolute Gasteiger partial charge is 0.120 e. The lowest BCUT2D eigenvalue weighted by Gasteiger charge is -2.35. The van der Waals surface area contributed by atoms with Gasteiger partial charge in [-0.25, -0.2) is 0 Å². The minimum Gasteiger partial charge on any atom is -0.489 e. The largest absolute Gasteiger partial charge is 0.489 e. The summed E-state index contributed by atoms with van der Waals surface area (Å²) in [4.78, 5) is 0. The van der Waals surface area contributed by atoms with Crippen molar-refractivity contribution in [3.63, 3.8) is 0 Å². The molecule has 1 heterocycles. The van der Waals surface area contributed by atoms with Gasteiger partial charge in [-0.2, -0.15) is 5.26 Å². The number of fused-ring (bicyclic) bond motifs is 1. The third kappa shape index (κ3) is 3.93. The third-order valence-corrected chi connectivity index (χ3v) is 5.49. The lowest BCUT2D eigenvalue weighted by molar-refractivity contribution is 0.0653. The van der Waals surface area contributed by atoms with Crippen LogP contribution >= 0.6 is 0 Å². The van der Waals surface area contributed by atoms with Crippen LogP contribution in [0.4, 0.5) is 0 Å². The number of hydrogen-bond acceptors (Lipinski definition) is 3. The number of nitriles is 1. The second kappa shape index (κ2) is 8.29. The van der Waals surface area contributed by atoms with Crippen LogP contribution in [-0.2, 0) is 16.8 Å². The van der Waals surface area contributed by atoms with Crippen LogP contribution in [0.1, 0.15) is 24.0 Å². The maximum Gasteiger partial charge on any atom is 0.120 e. The van der Waals surface area contributed by atoms with Gasteiger partial charge in [0, 0.05) is 24.7 Å². The van der Waals surface area contributed by atoms with Crippen molar-refractivity contribution in [2.24, 2.45) is 0 Å². The first kappa shape index (κ1) is 18.3. The summed E-state index contributed by atoms with van der Waals surface area (Å²) in [6.45, 7) is 1.94. The molecule has 0 unspecified atom stereocenters. The van der Waals surface area contributed by atoms with Crippen molar-refractivity contribution in [3.8, 4) is 11.8 Å². The van der Waals surface area contributed by atoms with Crippen molar-refractivity contribution >= 4 is 10.8 Å². The molecule has 0 atom stereocenters. The van der Waals surface area contributed by atoms with Gasteiger partial charge in [-0.15, -0.1) is 0 Å². The van der Waals surface area contributed by atoms with Crippen LogP contribution < -0.4 is 4.74 Å². The molecule has 0 N–H and O–H groups in total. The lowest BCUT2D eigenvalue weighted by atomic mass is 9.74. The van der Waals surface area contributed by atoms with E-state index in [0.29, 0.717) is 19.8 Å². The van der Waals surface area contributed by atoms with Crippen LogP contribution in [-0.4, -0.2) is 13.2 Å². The Balaban J connectivity index is 1.54. The normalized spacial score (nSPS) is 16.1. The fraction of sp³-hybridized carbons (Fsp3) is 0.240. The zero-order valence-electron chi connectivity index (χ0n) is 15.8. The highest BCUT2D eigenvalue weighted by molar-refractivity contribution is 5.82. The molecule has 0 amide bonds. The molecular weight excluding hydrogens is 346 g/mol. The van der Waals surface area contributed by atoms with Crippen molar-refractivity contribution in [2.75, 3.05) is 13.2 Å². The summed E-state index contributed by atoms with van der Waals surface area (Å²) in [5, 5.41) is 11.5. The molecule has 3 aromatic rings. The van der Waals surface area contributed by atoms with Crippen LogP contribution in [0.5, 0.6) is 5.75 Å². The van der Waals surface area contributed by atoms with E-state index in [1.807, 2.05) is 18.2 Å².